The molecule has 1 aliphatic rings. The van der Waals surface area contributed by atoms with Crippen molar-refractivity contribution in [2.24, 2.45) is 0 Å². The van der Waals surface area contributed by atoms with Crippen molar-refractivity contribution < 1.29 is 18.7 Å². The molecule has 114 valence electrons. The first-order valence-corrected chi connectivity index (χ1v) is 6.93. The fourth-order valence-electron chi connectivity index (χ4n) is 2.38. The van der Waals surface area contributed by atoms with Gasteiger partial charge in [0, 0.05) is 25.2 Å². The van der Waals surface area contributed by atoms with Crippen LogP contribution in [-0.4, -0.2) is 42.0 Å². The van der Waals surface area contributed by atoms with Crippen LogP contribution in [0.25, 0.3) is 0 Å². The van der Waals surface area contributed by atoms with E-state index in [0.29, 0.717) is 18.7 Å². The first-order chi connectivity index (χ1) is 9.97. The number of morpholine rings is 1. The van der Waals surface area contributed by atoms with Crippen LogP contribution in [0.1, 0.15) is 19.4 Å². The fourth-order valence-corrected chi connectivity index (χ4v) is 2.38. The Morgan fingerprint density at radius 1 is 1.29 bits per heavy atom. The Morgan fingerprint density at radius 2 is 1.90 bits per heavy atom. The second kappa shape index (κ2) is 6.67. The lowest BCUT2D eigenvalue weighted by Crippen LogP contribution is -2.52. The first kappa shape index (κ1) is 15.4. The lowest BCUT2D eigenvalue weighted by Gasteiger charge is -2.34. The minimum Gasteiger partial charge on any atom is -0.372 e. The van der Waals surface area contributed by atoms with Crippen LogP contribution >= 0.6 is 0 Å². The number of rotatable bonds is 2. The zero-order valence-electron chi connectivity index (χ0n) is 12.1. The number of hydrogen-bond acceptors (Lipinski definition) is 3. The van der Waals surface area contributed by atoms with Gasteiger partial charge < -0.3 is 15.0 Å². The summed E-state index contributed by atoms with van der Waals surface area (Å²) in [5, 5.41) is 2.46. The van der Waals surface area contributed by atoms with Crippen molar-refractivity contribution in [3.05, 3.63) is 35.6 Å². The van der Waals surface area contributed by atoms with Crippen molar-refractivity contribution in [2.45, 2.75) is 32.6 Å². The fraction of sp³-hybridized carbons (Fsp3) is 0.467. The van der Waals surface area contributed by atoms with Gasteiger partial charge in [-0.1, -0.05) is 18.2 Å². The Kier molecular flexibility index (Phi) is 4.90. The topological polar surface area (TPSA) is 58.6 Å². The number of amides is 2. The van der Waals surface area contributed by atoms with Gasteiger partial charge in [-0.15, -0.1) is 0 Å². The van der Waals surface area contributed by atoms with E-state index in [1.54, 1.807) is 18.2 Å². The molecule has 1 aromatic rings. The van der Waals surface area contributed by atoms with Crippen LogP contribution in [0.5, 0.6) is 0 Å². The van der Waals surface area contributed by atoms with Crippen LogP contribution < -0.4 is 5.32 Å². The highest BCUT2D eigenvalue weighted by Crippen LogP contribution is 2.11. The van der Waals surface area contributed by atoms with E-state index in [1.807, 2.05) is 13.8 Å². The molecule has 6 heteroatoms. The SMILES string of the molecule is CC1CN(C(=O)C(=O)NCc2ccccc2F)CC(C)O1. The van der Waals surface area contributed by atoms with E-state index in [4.69, 9.17) is 4.74 Å². The van der Waals surface area contributed by atoms with Gasteiger partial charge in [0.25, 0.3) is 0 Å². The van der Waals surface area contributed by atoms with Crippen molar-refractivity contribution in [1.82, 2.24) is 10.2 Å². The molecule has 0 aliphatic carbocycles. The maximum atomic E-state index is 13.4. The summed E-state index contributed by atoms with van der Waals surface area (Å²) in [6.07, 6.45) is -0.200. The average molecular weight is 294 g/mol. The molecular weight excluding hydrogens is 275 g/mol. The predicted octanol–water partition coefficient (Wildman–Crippen LogP) is 1.08. The Hall–Kier alpha value is -1.95. The lowest BCUT2D eigenvalue weighted by molar-refractivity contribution is -0.153. The normalized spacial score (nSPS) is 22.0. The maximum absolute atomic E-state index is 13.4. The third-order valence-electron chi connectivity index (χ3n) is 3.30. The standard InChI is InChI=1S/C15H19FN2O3/c1-10-8-18(9-11(2)21-10)15(20)14(19)17-7-12-5-3-4-6-13(12)16/h3-6,10-11H,7-9H2,1-2H3,(H,17,19). The number of benzene rings is 1. The summed E-state index contributed by atoms with van der Waals surface area (Å²) in [6, 6.07) is 6.13. The smallest absolute Gasteiger partial charge is 0.312 e. The molecular formula is C15H19FN2O3. The molecule has 1 aliphatic heterocycles. The summed E-state index contributed by atoms with van der Waals surface area (Å²) in [5.74, 6) is -1.73. The molecule has 1 saturated heterocycles. The Balaban J connectivity index is 1.91. The number of carbonyl (C=O) groups excluding carboxylic acids is 2. The van der Waals surface area contributed by atoms with E-state index >= 15 is 0 Å². The van der Waals surface area contributed by atoms with Crippen LogP contribution in [0.3, 0.4) is 0 Å². The Bertz CT molecular complexity index is 525. The molecule has 2 amide bonds. The summed E-state index contributed by atoms with van der Waals surface area (Å²) < 4.78 is 19.0. The molecule has 21 heavy (non-hydrogen) atoms. The molecule has 0 saturated carbocycles. The number of hydrogen-bond donors (Lipinski definition) is 1. The van der Waals surface area contributed by atoms with Gasteiger partial charge in [-0.3, -0.25) is 9.59 Å². The molecule has 1 heterocycles. The second-order valence-electron chi connectivity index (χ2n) is 5.24. The van der Waals surface area contributed by atoms with Gasteiger partial charge in [0.2, 0.25) is 0 Å². The molecule has 1 N–H and O–H groups in total. The first-order valence-electron chi connectivity index (χ1n) is 6.93. The van der Waals surface area contributed by atoms with Crippen LogP contribution in [0.2, 0.25) is 0 Å². The highest BCUT2D eigenvalue weighted by atomic mass is 19.1. The van der Waals surface area contributed by atoms with Gasteiger partial charge in [0.1, 0.15) is 5.82 Å². The summed E-state index contributed by atoms with van der Waals surface area (Å²) in [6.45, 7) is 4.47. The van der Waals surface area contributed by atoms with E-state index in [-0.39, 0.29) is 18.8 Å². The van der Waals surface area contributed by atoms with Crippen molar-refractivity contribution in [3.63, 3.8) is 0 Å². The van der Waals surface area contributed by atoms with Crippen LogP contribution in [0.4, 0.5) is 4.39 Å². The zero-order chi connectivity index (χ0) is 15.4. The van der Waals surface area contributed by atoms with Gasteiger partial charge in [-0.25, -0.2) is 4.39 Å². The quantitative estimate of drug-likeness (QED) is 0.830. The lowest BCUT2D eigenvalue weighted by atomic mass is 10.2. The zero-order valence-corrected chi connectivity index (χ0v) is 12.1. The highest BCUT2D eigenvalue weighted by Gasteiger charge is 2.29. The number of halogens is 1. The average Bonchev–Trinajstić information content (AvgIpc) is 2.44. The van der Waals surface area contributed by atoms with Crippen molar-refractivity contribution in [1.29, 1.82) is 0 Å². The van der Waals surface area contributed by atoms with E-state index < -0.39 is 17.6 Å². The summed E-state index contributed by atoms with van der Waals surface area (Å²) in [7, 11) is 0. The van der Waals surface area contributed by atoms with Crippen LogP contribution in [0.15, 0.2) is 24.3 Å². The molecule has 2 rings (SSSR count). The minimum absolute atomic E-state index is 0.00725. The number of ether oxygens (including phenoxy) is 1. The maximum Gasteiger partial charge on any atom is 0.312 e. The molecule has 0 spiro atoms. The van der Waals surface area contributed by atoms with E-state index in [1.165, 1.54) is 11.0 Å². The number of carbonyl (C=O) groups is 2. The Morgan fingerprint density at radius 3 is 2.52 bits per heavy atom. The molecule has 2 atom stereocenters. The number of nitrogens with zero attached hydrogens (tertiary/aromatic N) is 1. The van der Waals surface area contributed by atoms with Crippen LogP contribution in [0, 0.1) is 5.82 Å². The monoisotopic (exact) mass is 294 g/mol. The molecule has 0 aromatic heterocycles. The third-order valence-corrected chi connectivity index (χ3v) is 3.30. The molecule has 0 bridgehead atoms. The molecule has 0 radical (unpaired) electrons. The van der Waals surface area contributed by atoms with Gasteiger partial charge in [-0.2, -0.15) is 0 Å². The summed E-state index contributed by atoms with van der Waals surface area (Å²) in [4.78, 5) is 25.4. The van der Waals surface area contributed by atoms with Gasteiger partial charge in [0.15, 0.2) is 0 Å². The largest absolute Gasteiger partial charge is 0.372 e. The molecule has 1 aromatic carbocycles. The minimum atomic E-state index is -0.723. The molecule has 5 nitrogen and oxygen atoms in total. The number of nitrogens with one attached hydrogen (secondary N) is 1. The van der Waals surface area contributed by atoms with E-state index in [9.17, 15) is 14.0 Å². The molecule has 2 unspecified atom stereocenters. The van der Waals surface area contributed by atoms with Crippen molar-refractivity contribution >= 4 is 11.8 Å². The Labute approximate surface area is 123 Å². The highest BCUT2D eigenvalue weighted by molar-refractivity contribution is 6.35. The summed E-state index contributed by atoms with van der Waals surface area (Å²) in [5.41, 5.74) is 0.349. The molecule has 1 fully saturated rings. The van der Waals surface area contributed by atoms with Gasteiger partial charge >= 0.3 is 11.8 Å². The van der Waals surface area contributed by atoms with Gasteiger partial charge in [0.05, 0.1) is 12.2 Å². The summed E-state index contributed by atoms with van der Waals surface area (Å²) >= 11 is 0. The van der Waals surface area contributed by atoms with E-state index in [2.05, 4.69) is 5.32 Å². The predicted molar refractivity (Wildman–Crippen MR) is 74.8 cm³/mol. The van der Waals surface area contributed by atoms with Crippen molar-refractivity contribution in [3.8, 4) is 0 Å². The van der Waals surface area contributed by atoms with Crippen LogP contribution in [-0.2, 0) is 20.9 Å². The van der Waals surface area contributed by atoms with E-state index in [0.717, 1.165) is 0 Å². The van der Waals surface area contributed by atoms with Crippen molar-refractivity contribution in [2.75, 3.05) is 13.1 Å². The second-order valence-corrected chi connectivity index (χ2v) is 5.24. The van der Waals surface area contributed by atoms with Gasteiger partial charge in [-0.05, 0) is 19.9 Å². The third kappa shape index (κ3) is 4.01.